The van der Waals surface area contributed by atoms with E-state index in [4.69, 9.17) is 18.9 Å². The summed E-state index contributed by atoms with van der Waals surface area (Å²) in [6, 6.07) is 13.8. The molecule has 1 heterocycles. The molecule has 41 heavy (non-hydrogen) atoms. The molecule has 2 aromatic rings. The average molecular weight is 564 g/mol. The number of piperidine rings is 1. The van der Waals surface area contributed by atoms with Crippen molar-refractivity contribution in [2.75, 3.05) is 32.8 Å². The summed E-state index contributed by atoms with van der Waals surface area (Å²) in [5.74, 6) is 0.327. The van der Waals surface area contributed by atoms with Crippen LogP contribution in [0, 0.1) is 11.3 Å². The van der Waals surface area contributed by atoms with E-state index < -0.39 is 11.6 Å². The zero-order valence-electron chi connectivity index (χ0n) is 24.0. The minimum absolute atomic E-state index is 0.0259. The van der Waals surface area contributed by atoms with Gasteiger partial charge < -0.3 is 29.2 Å². The van der Waals surface area contributed by atoms with Crippen molar-refractivity contribution in [3.05, 3.63) is 65.2 Å². The van der Waals surface area contributed by atoms with Crippen molar-refractivity contribution in [2.24, 2.45) is 0 Å². The zero-order chi connectivity index (χ0) is 29.8. The van der Waals surface area contributed by atoms with Crippen molar-refractivity contribution in [3.8, 4) is 17.6 Å². The summed E-state index contributed by atoms with van der Waals surface area (Å²) in [5, 5.41) is 12.0. The smallest absolute Gasteiger partial charge is 0.410 e. The lowest BCUT2D eigenvalue weighted by Gasteiger charge is -2.33. The quantitative estimate of drug-likeness (QED) is 0.250. The Bertz CT molecular complexity index is 1270. The molecule has 1 aliphatic rings. The summed E-state index contributed by atoms with van der Waals surface area (Å²) >= 11 is 0. The summed E-state index contributed by atoms with van der Waals surface area (Å²) in [5.41, 5.74) is 0.965. The van der Waals surface area contributed by atoms with E-state index in [0.717, 1.165) is 0 Å². The molecule has 218 valence electrons. The predicted molar refractivity (Wildman–Crippen MR) is 153 cm³/mol. The minimum Gasteiger partial charge on any atom is -0.491 e. The number of amides is 2. The van der Waals surface area contributed by atoms with E-state index in [-0.39, 0.29) is 37.9 Å². The van der Waals surface area contributed by atoms with Crippen molar-refractivity contribution >= 4 is 24.0 Å². The Morgan fingerprint density at radius 1 is 1.10 bits per heavy atom. The third kappa shape index (κ3) is 10.2. The van der Waals surface area contributed by atoms with Crippen molar-refractivity contribution in [1.29, 1.82) is 5.26 Å². The van der Waals surface area contributed by atoms with E-state index in [9.17, 15) is 19.6 Å². The first-order chi connectivity index (χ1) is 19.6. The second-order valence-electron chi connectivity index (χ2n) is 10.4. The number of rotatable bonds is 10. The highest BCUT2D eigenvalue weighted by atomic mass is 16.6. The van der Waals surface area contributed by atoms with Crippen LogP contribution < -0.4 is 14.8 Å². The molecule has 2 aromatic carbocycles. The summed E-state index contributed by atoms with van der Waals surface area (Å²) in [4.78, 5) is 38.2. The first-order valence-corrected chi connectivity index (χ1v) is 13.6. The lowest BCUT2D eigenvalue weighted by Crippen LogP contribution is -2.44. The molecule has 0 saturated carbocycles. The maximum Gasteiger partial charge on any atom is 0.410 e. The van der Waals surface area contributed by atoms with Gasteiger partial charge in [-0.15, -0.1) is 0 Å². The summed E-state index contributed by atoms with van der Waals surface area (Å²) in [7, 11) is 0. The van der Waals surface area contributed by atoms with Gasteiger partial charge in [0.25, 0.3) is 5.91 Å². The van der Waals surface area contributed by atoms with E-state index in [2.05, 4.69) is 11.4 Å². The third-order valence-electron chi connectivity index (χ3n) is 5.99. The number of benzene rings is 2. The van der Waals surface area contributed by atoms with Gasteiger partial charge in [-0.05, 0) is 76.2 Å². The highest BCUT2D eigenvalue weighted by Gasteiger charge is 2.27. The molecule has 1 fully saturated rings. The number of carbonyl (C=O) groups excluding carboxylic acids is 3. The largest absolute Gasteiger partial charge is 0.491 e. The van der Waals surface area contributed by atoms with Crippen LogP contribution in [0.4, 0.5) is 4.79 Å². The predicted octanol–water partition coefficient (Wildman–Crippen LogP) is 4.72. The number of nitrogens with zero attached hydrogens (tertiary/aromatic N) is 2. The Labute approximate surface area is 240 Å². The van der Waals surface area contributed by atoms with Gasteiger partial charge in [0, 0.05) is 43.1 Å². The molecule has 0 unspecified atom stereocenters. The molecule has 0 aliphatic carbocycles. The molecule has 1 N–H and O–H groups in total. The maximum absolute atomic E-state index is 12.6. The lowest BCUT2D eigenvalue weighted by molar-refractivity contribution is -0.137. The van der Waals surface area contributed by atoms with Crippen LogP contribution >= 0.6 is 0 Å². The second kappa shape index (κ2) is 14.7. The van der Waals surface area contributed by atoms with Crippen molar-refractivity contribution in [2.45, 2.75) is 52.2 Å². The zero-order valence-corrected chi connectivity index (χ0v) is 24.0. The van der Waals surface area contributed by atoms with E-state index in [0.29, 0.717) is 54.1 Å². The Morgan fingerprint density at radius 3 is 2.44 bits per heavy atom. The molecule has 1 aliphatic heterocycles. The lowest BCUT2D eigenvalue weighted by atomic mass is 10.1. The fraction of sp³-hybridized carbons (Fsp3) is 0.419. The molecule has 0 radical (unpaired) electrons. The normalized spacial score (nSPS) is 13.8. The van der Waals surface area contributed by atoms with Crippen LogP contribution in [0.3, 0.4) is 0 Å². The maximum atomic E-state index is 12.6. The number of nitriles is 1. The van der Waals surface area contributed by atoms with Crippen LogP contribution in [-0.2, 0) is 14.3 Å². The molecule has 0 aromatic heterocycles. The van der Waals surface area contributed by atoms with Crippen LogP contribution in [0.5, 0.6) is 11.5 Å². The van der Waals surface area contributed by atoms with Crippen molar-refractivity contribution < 1.29 is 33.3 Å². The molecule has 0 atom stereocenters. The van der Waals surface area contributed by atoms with Gasteiger partial charge >= 0.3 is 12.1 Å². The molecule has 2 amide bonds. The van der Waals surface area contributed by atoms with Crippen LogP contribution in [-0.4, -0.2) is 67.4 Å². The van der Waals surface area contributed by atoms with Crippen LogP contribution in [0.25, 0.3) is 6.08 Å². The van der Waals surface area contributed by atoms with E-state index in [1.54, 1.807) is 60.4 Å². The van der Waals surface area contributed by atoms with Gasteiger partial charge in [-0.2, -0.15) is 5.26 Å². The Hall–Kier alpha value is -4.52. The molecular weight excluding hydrogens is 526 g/mol. The number of esters is 1. The highest BCUT2D eigenvalue weighted by Crippen LogP contribution is 2.23. The SMILES string of the molecule is CCOC(=O)/C=C/c1ccc(C#N)cc1OCCNC(=O)c1ccc(OC2CCN(C(=O)OC(C)(C)C)CC2)cc1. The van der Waals surface area contributed by atoms with E-state index >= 15 is 0 Å². The number of carbonyl (C=O) groups is 3. The fourth-order valence-corrected chi connectivity index (χ4v) is 4.00. The molecule has 1 saturated heterocycles. The topological polar surface area (TPSA) is 127 Å². The van der Waals surface area contributed by atoms with Gasteiger partial charge in [0.15, 0.2) is 0 Å². The van der Waals surface area contributed by atoms with Gasteiger partial charge in [0.2, 0.25) is 0 Å². The Kier molecular flexibility index (Phi) is 11.2. The molecule has 10 heteroatoms. The molecule has 0 bridgehead atoms. The number of nitrogens with one attached hydrogen (secondary N) is 1. The fourth-order valence-electron chi connectivity index (χ4n) is 4.00. The standard InChI is InChI=1S/C31H37N3O7/c1-5-38-28(35)13-10-23-7-6-22(21-32)20-27(23)39-19-16-33-29(36)24-8-11-25(12-9-24)40-26-14-17-34(18-15-26)30(37)41-31(2,3)4/h6-13,20,26H,5,14-19H2,1-4H3,(H,33,36)/b13-10+. The van der Waals surface area contributed by atoms with Crippen molar-refractivity contribution in [3.63, 3.8) is 0 Å². The number of hydrogen-bond donors (Lipinski definition) is 1. The minimum atomic E-state index is -0.525. The first-order valence-electron chi connectivity index (χ1n) is 13.6. The number of ether oxygens (including phenoxy) is 4. The van der Waals surface area contributed by atoms with Crippen LogP contribution in [0.2, 0.25) is 0 Å². The summed E-state index contributed by atoms with van der Waals surface area (Å²) in [6.07, 6.45) is 3.90. The first kappa shape index (κ1) is 31.0. The average Bonchev–Trinajstić information content (AvgIpc) is 2.94. The number of hydrogen-bond acceptors (Lipinski definition) is 8. The number of likely N-dealkylation sites (tertiary alicyclic amines) is 1. The Morgan fingerprint density at radius 2 is 1.80 bits per heavy atom. The summed E-state index contributed by atoms with van der Waals surface area (Å²) in [6.45, 7) is 9.04. The van der Waals surface area contributed by atoms with E-state index in [1.165, 1.54) is 6.08 Å². The van der Waals surface area contributed by atoms with Gasteiger partial charge in [0.05, 0.1) is 24.8 Å². The third-order valence-corrected chi connectivity index (χ3v) is 5.99. The van der Waals surface area contributed by atoms with Gasteiger partial charge in [-0.3, -0.25) is 4.79 Å². The molecule has 10 nitrogen and oxygen atoms in total. The molecule has 0 spiro atoms. The van der Waals surface area contributed by atoms with Crippen LogP contribution in [0.1, 0.15) is 62.0 Å². The molecular formula is C31H37N3O7. The van der Waals surface area contributed by atoms with E-state index in [1.807, 2.05) is 20.8 Å². The Balaban J connectivity index is 1.45. The molecule has 3 rings (SSSR count). The van der Waals surface area contributed by atoms with Gasteiger partial charge in [-0.25, -0.2) is 9.59 Å². The van der Waals surface area contributed by atoms with Crippen molar-refractivity contribution in [1.82, 2.24) is 10.2 Å². The van der Waals surface area contributed by atoms with Gasteiger partial charge in [0.1, 0.15) is 29.8 Å². The van der Waals surface area contributed by atoms with Crippen LogP contribution in [0.15, 0.2) is 48.5 Å². The highest BCUT2D eigenvalue weighted by molar-refractivity contribution is 5.94. The summed E-state index contributed by atoms with van der Waals surface area (Å²) < 4.78 is 22.2. The monoisotopic (exact) mass is 563 g/mol. The van der Waals surface area contributed by atoms with Gasteiger partial charge in [-0.1, -0.05) is 0 Å². The second-order valence-corrected chi connectivity index (χ2v) is 10.4.